The molecular weight excluding hydrogens is 231 g/mol. The molecule has 3 heterocycles. The van der Waals surface area contributed by atoms with Crippen LogP contribution in [0.25, 0.3) is 5.65 Å². The van der Waals surface area contributed by atoms with E-state index in [1.807, 2.05) is 29.1 Å². The van der Waals surface area contributed by atoms with Crippen LogP contribution in [-0.2, 0) is 0 Å². The van der Waals surface area contributed by atoms with E-state index in [0.29, 0.717) is 6.54 Å². The van der Waals surface area contributed by atoms with Crippen molar-refractivity contribution in [1.82, 2.24) is 14.3 Å². The molecule has 0 N–H and O–H groups in total. The number of halogens is 1. The molecule has 2 aromatic heterocycles. The summed E-state index contributed by atoms with van der Waals surface area (Å²) in [5, 5.41) is 0. The first kappa shape index (κ1) is 11.5. The van der Waals surface area contributed by atoms with E-state index in [-0.39, 0.29) is 6.67 Å². The van der Waals surface area contributed by atoms with Gasteiger partial charge < -0.3 is 9.30 Å². The number of aromatic nitrogens is 2. The fourth-order valence-electron chi connectivity index (χ4n) is 2.51. The molecule has 1 aliphatic heterocycles. The maximum Gasteiger partial charge on any atom is 0.160 e. The lowest BCUT2D eigenvalue weighted by atomic mass is 10.2. The molecule has 0 saturated carbocycles. The molecule has 0 radical (unpaired) electrons. The first-order valence-corrected chi connectivity index (χ1v) is 6.33. The second-order valence-electron chi connectivity index (χ2n) is 4.57. The second kappa shape index (κ2) is 4.94. The van der Waals surface area contributed by atoms with Crippen LogP contribution in [0.15, 0.2) is 30.7 Å². The van der Waals surface area contributed by atoms with E-state index in [9.17, 15) is 4.39 Å². The van der Waals surface area contributed by atoms with Gasteiger partial charge in [-0.2, -0.15) is 0 Å². The number of nitrogens with zero attached hydrogens (tertiary/aromatic N) is 4. The average molecular weight is 248 g/mol. The molecule has 0 unspecified atom stereocenters. The van der Waals surface area contributed by atoms with E-state index < -0.39 is 0 Å². The molecular formula is C13H17FN4. The van der Waals surface area contributed by atoms with Crippen molar-refractivity contribution in [3.8, 4) is 0 Å². The molecule has 5 heteroatoms. The summed E-state index contributed by atoms with van der Waals surface area (Å²) in [6.45, 7) is 4.02. The first-order valence-electron chi connectivity index (χ1n) is 6.33. The molecule has 0 aromatic carbocycles. The molecule has 0 atom stereocenters. The largest absolute Gasteiger partial charge is 0.366 e. The Morgan fingerprint density at radius 2 is 2.00 bits per heavy atom. The molecule has 4 nitrogen and oxygen atoms in total. The van der Waals surface area contributed by atoms with Gasteiger partial charge in [-0.25, -0.2) is 9.37 Å². The summed E-state index contributed by atoms with van der Waals surface area (Å²) in [5.41, 5.74) is 2.17. The SMILES string of the molecule is FCCN1CCN(c2cccn3ccnc23)CC1. The van der Waals surface area contributed by atoms with Crippen LogP contribution in [0.3, 0.4) is 0 Å². The minimum absolute atomic E-state index is 0.254. The normalized spacial score (nSPS) is 17.5. The minimum Gasteiger partial charge on any atom is -0.366 e. The summed E-state index contributed by atoms with van der Waals surface area (Å²) in [6.07, 6.45) is 5.78. The number of anilines is 1. The van der Waals surface area contributed by atoms with Gasteiger partial charge >= 0.3 is 0 Å². The number of hydrogen-bond donors (Lipinski definition) is 0. The standard InChI is InChI=1S/C13H17FN4/c14-3-6-16-8-10-17(11-9-16)12-2-1-5-18-7-4-15-13(12)18/h1-2,4-5,7H,3,6,8-11H2. The van der Waals surface area contributed by atoms with Crippen LogP contribution in [-0.4, -0.2) is 53.7 Å². The van der Waals surface area contributed by atoms with Crippen LogP contribution < -0.4 is 4.90 Å². The van der Waals surface area contributed by atoms with Gasteiger partial charge in [0.1, 0.15) is 6.67 Å². The van der Waals surface area contributed by atoms with Crippen LogP contribution in [0.1, 0.15) is 0 Å². The summed E-state index contributed by atoms with van der Waals surface area (Å²) in [4.78, 5) is 8.90. The van der Waals surface area contributed by atoms with Gasteiger partial charge in [0.2, 0.25) is 0 Å². The fourth-order valence-corrected chi connectivity index (χ4v) is 2.51. The van der Waals surface area contributed by atoms with Crippen molar-refractivity contribution >= 4 is 11.3 Å². The molecule has 1 fully saturated rings. The van der Waals surface area contributed by atoms with Crippen LogP contribution >= 0.6 is 0 Å². The van der Waals surface area contributed by atoms with E-state index in [2.05, 4.69) is 20.9 Å². The Labute approximate surface area is 106 Å². The third kappa shape index (κ3) is 2.06. The molecule has 2 aromatic rings. The van der Waals surface area contributed by atoms with E-state index in [1.165, 1.54) is 5.69 Å². The lowest BCUT2D eigenvalue weighted by Crippen LogP contribution is -2.47. The Morgan fingerprint density at radius 3 is 2.78 bits per heavy atom. The van der Waals surface area contributed by atoms with Gasteiger partial charge in [-0.05, 0) is 12.1 Å². The summed E-state index contributed by atoms with van der Waals surface area (Å²) >= 11 is 0. The molecule has 1 aliphatic rings. The molecule has 0 bridgehead atoms. The Kier molecular flexibility index (Phi) is 3.15. The van der Waals surface area contributed by atoms with E-state index in [1.54, 1.807) is 0 Å². The second-order valence-corrected chi connectivity index (χ2v) is 4.57. The van der Waals surface area contributed by atoms with Crippen LogP contribution in [0.2, 0.25) is 0 Å². The number of fused-ring (bicyclic) bond motifs is 1. The predicted molar refractivity (Wildman–Crippen MR) is 69.8 cm³/mol. The quantitative estimate of drug-likeness (QED) is 0.821. The number of hydrogen-bond acceptors (Lipinski definition) is 3. The topological polar surface area (TPSA) is 23.8 Å². The lowest BCUT2D eigenvalue weighted by molar-refractivity contribution is 0.235. The van der Waals surface area contributed by atoms with E-state index in [0.717, 1.165) is 31.8 Å². The van der Waals surface area contributed by atoms with Crippen LogP contribution in [0, 0.1) is 0 Å². The van der Waals surface area contributed by atoms with Gasteiger partial charge in [-0.1, -0.05) is 0 Å². The third-order valence-electron chi connectivity index (χ3n) is 3.51. The zero-order valence-electron chi connectivity index (χ0n) is 10.3. The third-order valence-corrected chi connectivity index (χ3v) is 3.51. The zero-order valence-corrected chi connectivity index (χ0v) is 10.3. The Morgan fingerprint density at radius 1 is 1.17 bits per heavy atom. The fraction of sp³-hybridized carbons (Fsp3) is 0.462. The predicted octanol–water partition coefficient (Wildman–Crippen LogP) is 1.43. The first-order chi connectivity index (χ1) is 8.88. The lowest BCUT2D eigenvalue weighted by Gasteiger charge is -2.35. The maximum absolute atomic E-state index is 12.3. The van der Waals surface area contributed by atoms with Gasteiger partial charge in [-0.3, -0.25) is 4.90 Å². The van der Waals surface area contributed by atoms with E-state index >= 15 is 0 Å². The highest BCUT2D eigenvalue weighted by Gasteiger charge is 2.18. The molecule has 18 heavy (non-hydrogen) atoms. The van der Waals surface area contributed by atoms with Crippen molar-refractivity contribution in [2.45, 2.75) is 0 Å². The highest BCUT2D eigenvalue weighted by molar-refractivity contribution is 5.69. The Balaban J connectivity index is 1.78. The van der Waals surface area contributed by atoms with Crippen LogP contribution in [0.4, 0.5) is 10.1 Å². The number of alkyl halides is 1. The Bertz CT molecular complexity index is 516. The van der Waals surface area contributed by atoms with E-state index in [4.69, 9.17) is 0 Å². The number of piperazine rings is 1. The molecule has 0 spiro atoms. The molecule has 3 rings (SSSR count). The average Bonchev–Trinajstić information content (AvgIpc) is 2.88. The monoisotopic (exact) mass is 248 g/mol. The van der Waals surface area contributed by atoms with Crippen molar-refractivity contribution in [2.24, 2.45) is 0 Å². The summed E-state index contributed by atoms with van der Waals surface area (Å²) in [5.74, 6) is 0. The highest BCUT2D eigenvalue weighted by Crippen LogP contribution is 2.21. The van der Waals surface area contributed by atoms with Gasteiger partial charge in [0.25, 0.3) is 0 Å². The highest BCUT2D eigenvalue weighted by atomic mass is 19.1. The number of pyridine rings is 1. The van der Waals surface area contributed by atoms with Crippen molar-refractivity contribution in [3.05, 3.63) is 30.7 Å². The zero-order chi connectivity index (χ0) is 12.4. The summed E-state index contributed by atoms with van der Waals surface area (Å²) in [6, 6.07) is 4.14. The Hall–Kier alpha value is -1.62. The molecule has 96 valence electrons. The van der Waals surface area contributed by atoms with Crippen LogP contribution in [0.5, 0.6) is 0 Å². The molecule has 0 aliphatic carbocycles. The summed E-state index contributed by atoms with van der Waals surface area (Å²) in [7, 11) is 0. The van der Waals surface area contributed by atoms with Crippen molar-refractivity contribution < 1.29 is 4.39 Å². The molecule has 1 saturated heterocycles. The number of rotatable bonds is 3. The number of imidazole rings is 1. The minimum atomic E-state index is -0.254. The molecule has 0 amide bonds. The van der Waals surface area contributed by atoms with Gasteiger partial charge in [0.15, 0.2) is 5.65 Å². The van der Waals surface area contributed by atoms with Crippen molar-refractivity contribution in [3.63, 3.8) is 0 Å². The smallest absolute Gasteiger partial charge is 0.160 e. The maximum atomic E-state index is 12.3. The summed E-state index contributed by atoms with van der Waals surface area (Å²) < 4.78 is 14.3. The van der Waals surface area contributed by atoms with Crippen molar-refractivity contribution in [2.75, 3.05) is 44.3 Å². The van der Waals surface area contributed by atoms with Crippen molar-refractivity contribution in [1.29, 1.82) is 0 Å². The van der Waals surface area contributed by atoms with Gasteiger partial charge in [-0.15, -0.1) is 0 Å². The van der Waals surface area contributed by atoms with Gasteiger partial charge in [0, 0.05) is 51.3 Å². The van der Waals surface area contributed by atoms with Gasteiger partial charge in [0.05, 0.1) is 5.69 Å².